The summed E-state index contributed by atoms with van der Waals surface area (Å²) >= 11 is 2.75. The molecule has 90 valence electrons. The average molecular weight is 310 g/mol. The van der Waals surface area contributed by atoms with E-state index in [1.54, 1.807) is 0 Å². The topological polar surface area (TPSA) is 40.9 Å². The second kappa shape index (κ2) is 4.84. The van der Waals surface area contributed by atoms with E-state index in [4.69, 9.17) is 5.26 Å². The van der Waals surface area contributed by atoms with E-state index in [-0.39, 0.29) is 11.4 Å². The molecule has 0 heterocycles. The van der Waals surface area contributed by atoms with E-state index in [0.717, 1.165) is 0 Å². The van der Waals surface area contributed by atoms with Gasteiger partial charge >= 0.3 is 6.18 Å². The first-order chi connectivity index (χ1) is 7.81. The highest BCUT2D eigenvalue weighted by Crippen LogP contribution is 2.32. The predicted molar refractivity (Wildman–Crippen MR) is 54.2 cm³/mol. The molecule has 0 saturated heterocycles. The van der Waals surface area contributed by atoms with Crippen LogP contribution in [0.1, 0.15) is 21.5 Å². The van der Waals surface area contributed by atoms with Crippen LogP contribution >= 0.6 is 15.9 Å². The van der Waals surface area contributed by atoms with Gasteiger partial charge in [-0.05, 0) is 12.1 Å². The zero-order valence-electron chi connectivity index (χ0n) is 8.11. The van der Waals surface area contributed by atoms with Gasteiger partial charge in [-0.3, -0.25) is 4.79 Å². The molecule has 0 aromatic heterocycles. The van der Waals surface area contributed by atoms with Gasteiger partial charge in [0.1, 0.15) is 11.9 Å². The third kappa shape index (κ3) is 2.82. The van der Waals surface area contributed by atoms with Crippen molar-refractivity contribution < 1.29 is 22.4 Å². The van der Waals surface area contributed by atoms with E-state index >= 15 is 0 Å². The van der Waals surface area contributed by atoms with Gasteiger partial charge in [-0.15, -0.1) is 0 Å². The summed E-state index contributed by atoms with van der Waals surface area (Å²) in [6.45, 7) is 0. The highest BCUT2D eigenvalue weighted by Gasteiger charge is 2.33. The van der Waals surface area contributed by atoms with E-state index < -0.39 is 34.5 Å². The molecule has 0 aliphatic carbocycles. The lowest BCUT2D eigenvalue weighted by molar-refractivity contribution is -0.137. The molecule has 0 radical (unpaired) electrons. The fraction of sp³-hybridized carbons (Fsp3) is 0.200. The van der Waals surface area contributed by atoms with Crippen LogP contribution in [0.4, 0.5) is 17.6 Å². The molecule has 1 aromatic rings. The van der Waals surface area contributed by atoms with Crippen LogP contribution < -0.4 is 0 Å². The van der Waals surface area contributed by atoms with Crippen molar-refractivity contribution in [2.75, 3.05) is 5.33 Å². The normalized spacial score (nSPS) is 11.1. The van der Waals surface area contributed by atoms with Gasteiger partial charge < -0.3 is 0 Å². The zero-order chi connectivity index (χ0) is 13.2. The lowest BCUT2D eigenvalue weighted by Gasteiger charge is -2.10. The highest BCUT2D eigenvalue weighted by molar-refractivity contribution is 9.09. The molecule has 7 heteroatoms. The Balaban J connectivity index is 3.51. The summed E-state index contributed by atoms with van der Waals surface area (Å²) < 4.78 is 50.4. The Morgan fingerprint density at radius 1 is 1.41 bits per heavy atom. The number of benzene rings is 1. The van der Waals surface area contributed by atoms with E-state index in [9.17, 15) is 22.4 Å². The molecule has 0 unspecified atom stereocenters. The second-order valence-electron chi connectivity index (χ2n) is 3.05. The van der Waals surface area contributed by atoms with Crippen LogP contribution in [-0.2, 0) is 6.18 Å². The quantitative estimate of drug-likeness (QED) is 0.478. The van der Waals surface area contributed by atoms with Gasteiger partial charge in [0.15, 0.2) is 5.78 Å². The Labute approximate surface area is 102 Å². The molecular formula is C10H4BrF4NO. The summed E-state index contributed by atoms with van der Waals surface area (Å²) in [6, 6.07) is 2.05. The molecule has 1 rings (SSSR count). The van der Waals surface area contributed by atoms with Gasteiger partial charge in [0.2, 0.25) is 0 Å². The van der Waals surface area contributed by atoms with E-state index in [0.29, 0.717) is 6.07 Å². The monoisotopic (exact) mass is 309 g/mol. The number of rotatable bonds is 2. The Bertz CT molecular complexity index is 504. The summed E-state index contributed by atoms with van der Waals surface area (Å²) in [5.74, 6) is -2.14. The number of alkyl halides is 4. The lowest BCUT2D eigenvalue weighted by Crippen LogP contribution is -2.11. The Hall–Kier alpha value is -1.42. The predicted octanol–water partition coefficient (Wildman–Crippen LogP) is 3.29. The summed E-state index contributed by atoms with van der Waals surface area (Å²) in [4.78, 5) is 11.3. The van der Waals surface area contributed by atoms with Gasteiger partial charge in [0.25, 0.3) is 0 Å². The number of hydrogen-bond donors (Lipinski definition) is 0. The smallest absolute Gasteiger partial charge is 0.293 e. The largest absolute Gasteiger partial charge is 0.416 e. The third-order valence-corrected chi connectivity index (χ3v) is 2.46. The van der Waals surface area contributed by atoms with Crippen LogP contribution in [0.25, 0.3) is 0 Å². The van der Waals surface area contributed by atoms with Crippen molar-refractivity contribution in [1.29, 1.82) is 5.26 Å². The standard InChI is InChI=1S/C10H4BrF4NO/c11-3-9(17)6-1-5(10(13,14)15)2-8(12)7(6)4-16/h1-2H,3H2. The van der Waals surface area contributed by atoms with Gasteiger partial charge in [0, 0.05) is 5.56 Å². The molecule has 2 nitrogen and oxygen atoms in total. The minimum Gasteiger partial charge on any atom is -0.293 e. The fourth-order valence-electron chi connectivity index (χ4n) is 1.18. The molecule has 1 aromatic carbocycles. The first kappa shape index (κ1) is 13.6. The number of carbonyl (C=O) groups is 1. The average Bonchev–Trinajstić information content (AvgIpc) is 2.25. The van der Waals surface area contributed by atoms with E-state index in [1.165, 1.54) is 6.07 Å². The first-order valence-electron chi connectivity index (χ1n) is 4.21. The molecular weight excluding hydrogens is 306 g/mol. The maximum absolute atomic E-state index is 13.2. The summed E-state index contributed by atoms with van der Waals surface area (Å²) in [6.07, 6.45) is -4.77. The number of nitrogens with zero attached hydrogens (tertiary/aromatic N) is 1. The molecule has 17 heavy (non-hydrogen) atoms. The van der Waals surface area contributed by atoms with Crippen molar-refractivity contribution >= 4 is 21.7 Å². The molecule has 0 saturated carbocycles. The number of Topliss-reactive ketones (excluding diaryl/α,β-unsaturated/α-hetero) is 1. The van der Waals surface area contributed by atoms with Crippen LogP contribution in [-0.4, -0.2) is 11.1 Å². The SMILES string of the molecule is N#Cc1c(F)cc(C(F)(F)F)cc1C(=O)CBr. The first-order valence-corrected chi connectivity index (χ1v) is 5.33. The number of halogens is 5. The van der Waals surface area contributed by atoms with Crippen LogP contribution in [0.2, 0.25) is 0 Å². The van der Waals surface area contributed by atoms with Crippen molar-refractivity contribution in [3.05, 3.63) is 34.6 Å². The number of hydrogen-bond acceptors (Lipinski definition) is 2. The molecule has 0 fully saturated rings. The number of ketones is 1. The molecule has 0 amide bonds. The van der Waals surface area contributed by atoms with Gasteiger partial charge in [-0.25, -0.2) is 4.39 Å². The van der Waals surface area contributed by atoms with E-state index in [2.05, 4.69) is 15.9 Å². The molecule has 0 atom stereocenters. The molecule has 0 N–H and O–H groups in total. The van der Waals surface area contributed by atoms with E-state index in [1.807, 2.05) is 0 Å². The minimum absolute atomic E-state index is 0.198. The fourth-order valence-corrected chi connectivity index (χ4v) is 1.48. The second-order valence-corrected chi connectivity index (χ2v) is 3.61. The van der Waals surface area contributed by atoms with Gasteiger partial charge in [0.05, 0.1) is 16.5 Å². The van der Waals surface area contributed by atoms with Crippen molar-refractivity contribution in [3.8, 4) is 6.07 Å². The van der Waals surface area contributed by atoms with Crippen LogP contribution in [0.15, 0.2) is 12.1 Å². The zero-order valence-corrected chi connectivity index (χ0v) is 9.69. The molecule has 0 aliphatic heterocycles. The summed E-state index contributed by atoms with van der Waals surface area (Å²) in [5, 5.41) is 8.31. The van der Waals surface area contributed by atoms with Crippen LogP contribution in [0.5, 0.6) is 0 Å². The van der Waals surface area contributed by atoms with Crippen molar-refractivity contribution in [1.82, 2.24) is 0 Å². The van der Waals surface area contributed by atoms with Crippen molar-refractivity contribution in [2.24, 2.45) is 0 Å². The summed E-state index contributed by atoms with van der Waals surface area (Å²) in [7, 11) is 0. The van der Waals surface area contributed by atoms with Crippen molar-refractivity contribution in [2.45, 2.75) is 6.18 Å². The molecule has 0 aliphatic rings. The number of nitriles is 1. The summed E-state index contributed by atoms with van der Waals surface area (Å²) in [5.41, 5.74) is -2.54. The Kier molecular flexibility index (Phi) is 3.88. The van der Waals surface area contributed by atoms with Gasteiger partial charge in [-0.2, -0.15) is 18.4 Å². The van der Waals surface area contributed by atoms with Gasteiger partial charge in [-0.1, -0.05) is 15.9 Å². The minimum atomic E-state index is -4.77. The molecule has 0 bridgehead atoms. The number of carbonyl (C=O) groups excluding carboxylic acids is 1. The van der Waals surface area contributed by atoms with Crippen LogP contribution in [0.3, 0.4) is 0 Å². The Morgan fingerprint density at radius 2 is 2.00 bits per heavy atom. The third-order valence-electron chi connectivity index (χ3n) is 1.95. The molecule has 0 spiro atoms. The Morgan fingerprint density at radius 3 is 2.41 bits per heavy atom. The maximum atomic E-state index is 13.2. The highest BCUT2D eigenvalue weighted by atomic mass is 79.9. The van der Waals surface area contributed by atoms with Crippen LogP contribution in [0, 0.1) is 17.1 Å². The lowest BCUT2D eigenvalue weighted by atomic mass is 10.0. The maximum Gasteiger partial charge on any atom is 0.416 e. The van der Waals surface area contributed by atoms with Crippen molar-refractivity contribution in [3.63, 3.8) is 0 Å².